The van der Waals surface area contributed by atoms with Crippen molar-refractivity contribution in [3.05, 3.63) is 33.9 Å². The van der Waals surface area contributed by atoms with Crippen molar-refractivity contribution >= 4 is 33.0 Å². The van der Waals surface area contributed by atoms with E-state index >= 15 is 0 Å². The maximum absolute atomic E-state index is 12.8. The molecule has 1 heterocycles. The lowest BCUT2D eigenvalue weighted by Gasteiger charge is -2.00. The van der Waals surface area contributed by atoms with Gasteiger partial charge >= 0.3 is 0 Å². The van der Waals surface area contributed by atoms with E-state index in [9.17, 15) is 13.2 Å². The minimum Gasteiger partial charge on any atom is -0.205 e. The van der Waals surface area contributed by atoms with Crippen molar-refractivity contribution in [2.24, 2.45) is 0 Å². The van der Waals surface area contributed by atoms with E-state index in [1.54, 1.807) is 0 Å². The molecule has 0 aliphatic heterocycles. The summed E-state index contributed by atoms with van der Waals surface area (Å²) < 4.78 is 38.0. The highest BCUT2D eigenvalue weighted by Crippen LogP contribution is 2.34. The van der Waals surface area contributed by atoms with Gasteiger partial charge in [0.1, 0.15) is 0 Å². The number of thiophene rings is 1. The van der Waals surface area contributed by atoms with Gasteiger partial charge in [-0.2, -0.15) is 4.39 Å². The molecule has 0 nitrogen and oxygen atoms in total. The maximum Gasteiger partial charge on any atom is 0.263 e. The zero-order chi connectivity index (χ0) is 10.3. The number of halogens is 4. The van der Waals surface area contributed by atoms with Gasteiger partial charge in [0, 0.05) is 5.56 Å². The summed E-state index contributed by atoms with van der Waals surface area (Å²) in [5, 5.41) is 0.176. The summed E-state index contributed by atoms with van der Waals surface area (Å²) in [5.41, 5.74) is -0.180. The van der Waals surface area contributed by atoms with Gasteiger partial charge in [-0.15, -0.1) is 11.3 Å². The van der Waals surface area contributed by atoms with Crippen molar-refractivity contribution in [3.63, 3.8) is 0 Å². The Bertz CT molecular complexity index is 478. The minimum absolute atomic E-state index is 0.173. The Morgan fingerprint density at radius 2 is 1.93 bits per heavy atom. The van der Waals surface area contributed by atoms with E-state index in [0.29, 0.717) is 10.1 Å². The molecule has 14 heavy (non-hydrogen) atoms. The molecule has 0 aliphatic rings. The van der Waals surface area contributed by atoms with E-state index in [1.165, 1.54) is 18.2 Å². The van der Waals surface area contributed by atoms with Crippen LogP contribution < -0.4 is 0 Å². The molecule has 74 valence electrons. The Labute approximate surface area is 86.9 Å². The van der Waals surface area contributed by atoms with Crippen LogP contribution in [0.2, 0.25) is 5.02 Å². The second-order valence-electron chi connectivity index (χ2n) is 2.77. The lowest BCUT2D eigenvalue weighted by molar-refractivity contribution is 0.151. The fourth-order valence-corrected chi connectivity index (χ4v) is 2.35. The molecule has 0 saturated heterocycles. The maximum atomic E-state index is 12.8. The van der Waals surface area contributed by atoms with E-state index < -0.39 is 11.6 Å². The molecule has 1 aromatic carbocycles. The van der Waals surface area contributed by atoms with Crippen molar-refractivity contribution < 1.29 is 13.2 Å². The van der Waals surface area contributed by atoms with Crippen molar-refractivity contribution in [3.8, 4) is 0 Å². The normalized spacial score (nSPS) is 11.5. The molecule has 5 heteroatoms. The van der Waals surface area contributed by atoms with Crippen LogP contribution in [0.1, 0.15) is 12.0 Å². The molecule has 0 amide bonds. The van der Waals surface area contributed by atoms with Gasteiger partial charge in [0.25, 0.3) is 6.43 Å². The largest absolute Gasteiger partial charge is 0.263 e. The van der Waals surface area contributed by atoms with Gasteiger partial charge in [-0.1, -0.05) is 11.6 Å². The van der Waals surface area contributed by atoms with Gasteiger partial charge in [0.2, 0.25) is 0 Å². The topological polar surface area (TPSA) is 0 Å². The van der Waals surface area contributed by atoms with Gasteiger partial charge in [-0.25, -0.2) is 8.78 Å². The molecular formula is C9H4ClF3S. The SMILES string of the molecule is Fc1cc2cc(C(F)F)cc(Cl)c2s1. The Morgan fingerprint density at radius 3 is 2.57 bits per heavy atom. The first kappa shape index (κ1) is 9.80. The molecule has 2 aromatic rings. The fraction of sp³-hybridized carbons (Fsp3) is 0.111. The fourth-order valence-electron chi connectivity index (χ4n) is 1.23. The van der Waals surface area contributed by atoms with Crippen LogP contribution in [0.25, 0.3) is 10.1 Å². The first-order valence-electron chi connectivity index (χ1n) is 3.74. The lowest BCUT2D eigenvalue weighted by Crippen LogP contribution is -1.82. The third-order valence-electron chi connectivity index (χ3n) is 1.82. The van der Waals surface area contributed by atoms with Gasteiger partial charge in [0.15, 0.2) is 5.13 Å². The zero-order valence-corrected chi connectivity index (χ0v) is 8.30. The number of hydrogen-bond acceptors (Lipinski definition) is 1. The van der Waals surface area contributed by atoms with Crippen molar-refractivity contribution in [2.75, 3.05) is 0 Å². The van der Waals surface area contributed by atoms with Gasteiger partial charge in [0.05, 0.1) is 9.72 Å². The molecule has 0 atom stereocenters. The highest BCUT2D eigenvalue weighted by atomic mass is 35.5. The molecule has 0 unspecified atom stereocenters. The van der Waals surface area contributed by atoms with Crippen LogP contribution in [-0.4, -0.2) is 0 Å². The third-order valence-corrected chi connectivity index (χ3v) is 3.20. The Hall–Kier alpha value is -0.740. The summed E-state index contributed by atoms with van der Waals surface area (Å²) in [5.74, 6) is 0. The second kappa shape index (κ2) is 3.44. The monoisotopic (exact) mass is 236 g/mol. The van der Waals surface area contributed by atoms with Crippen LogP contribution in [0.5, 0.6) is 0 Å². The van der Waals surface area contributed by atoms with Gasteiger partial charge in [-0.3, -0.25) is 0 Å². The predicted molar refractivity (Wildman–Crippen MR) is 51.8 cm³/mol. The van der Waals surface area contributed by atoms with Gasteiger partial charge in [-0.05, 0) is 23.6 Å². The van der Waals surface area contributed by atoms with Crippen LogP contribution in [-0.2, 0) is 0 Å². The Kier molecular flexibility index (Phi) is 2.41. The molecule has 1 aromatic heterocycles. The first-order valence-corrected chi connectivity index (χ1v) is 4.94. The molecule has 2 rings (SSSR count). The van der Waals surface area contributed by atoms with Gasteiger partial charge < -0.3 is 0 Å². The average molecular weight is 237 g/mol. The van der Waals surface area contributed by atoms with E-state index in [2.05, 4.69) is 0 Å². The highest BCUT2D eigenvalue weighted by Gasteiger charge is 2.12. The zero-order valence-electron chi connectivity index (χ0n) is 6.73. The smallest absolute Gasteiger partial charge is 0.205 e. The third kappa shape index (κ3) is 1.60. The van der Waals surface area contributed by atoms with Crippen molar-refractivity contribution in [2.45, 2.75) is 6.43 Å². The standard InChI is InChI=1S/C9H4ClF3S/c10-6-2-5(9(12)13)1-4-3-7(11)14-8(4)6/h1-3,9H. The van der Waals surface area contributed by atoms with E-state index in [1.807, 2.05) is 0 Å². The van der Waals surface area contributed by atoms with Crippen LogP contribution in [0.15, 0.2) is 18.2 Å². The Morgan fingerprint density at radius 1 is 1.21 bits per heavy atom. The second-order valence-corrected chi connectivity index (χ2v) is 4.18. The van der Waals surface area contributed by atoms with Crippen LogP contribution in [0, 0.1) is 5.13 Å². The molecule has 0 N–H and O–H groups in total. The number of rotatable bonds is 1. The Balaban J connectivity index is 2.71. The predicted octanol–water partition coefficient (Wildman–Crippen LogP) is 4.63. The van der Waals surface area contributed by atoms with Crippen LogP contribution in [0.4, 0.5) is 13.2 Å². The van der Waals surface area contributed by atoms with Crippen molar-refractivity contribution in [1.29, 1.82) is 0 Å². The molecule has 0 saturated carbocycles. The van der Waals surface area contributed by atoms with Crippen LogP contribution in [0.3, 0.4) is 0 Å². The van der Waals surface area contributed by atoms with Crippen LogP contribution >= 0.6 is 22.9 Å². The number of hydrogen-bond donors (Lipinski definition) is 0. The number of alkyl halides is 2. The molecule has 0 bridgehead atoms. The van der Waals surface area contributed by atoms with E-state index in [4.69, 9.17) is 11.6 Å². The summed E-state index contributed by atoms with van der Waals surface area (Å²) >= 11 is 6.59. The average Bonchev–Trinajstić information content (AvgIpc) is 2.45. The lowest BCUT2D eigenvalue weighted by atomic mass is 10.2. The molecule has 0 aliphatic carbocycles. The quantitative estimate of drug-likeness (QED) is 0.677. The summed E-state index contributed by atoms with van der Waals surface area (Å²) in [6, 6.07) is 3.63. The molecule has 0 fully saturated rings. The van der Waals surface area contributed by atoms with E-state index in [0.717, 1.165) is 11.3 Å². The summed E-state index contributed by atoms with van der Waals surface area (Å²) in [6.45, 7) is 0. The number of benzene rings is 1. The van der Waals surface area contributed by atoms with Crippen molar-refractivity contribution in [1.82, 2.24) is 0 Å². The van der Waals surface area contributed by atoms with E-state index in [-0.39, 0.29) is 10.6 Å². The molecule has 0 spiro atoms. The molecule has 0 radical (unpaired) electrons. The first-order chi connectivity index (χ1) is 6.58. The number of fused-ring (bicyclic) bond motifs is 1. The highest BCUT2D eigenvalue weighted by molar-refractivity contribution is 7.18. The molecular weight excluding hydrogens is 233 g/mol. The minimum atomic E-state index is -2.58. The summed E-state index contributed by atoms with van der Waals surface area (Å²) in [6.07, 6.45) is -2.58. The summed E-state index contributed by atoms with van der Waals surface area (Å²) in [4.78, 5) is 0. The summed E-state index contributed by atoms with van der Waals surface area (Å²) in [7, 11) is 0.